The molecule has 0 bridgehead atoms. The van der Waals surface area contributed by atoms with E-state index in [0.717, 1.165) is 18.4 Å². The molecule has 0 spiro atoms. The van der Waals surface area contributed by atoms with Crippen LogP contribution < -0.4 is 10.0 Å². The maximum Gasteiger partial charge on any atom is 0.272 e. The molecule has 0 unspecified atom stereocenters. The quantitative estimate of drug-likeness (QED) is 0.452. The number of halogens is 1. The van der Waals surface area contributed by atoms with Crippen molar-refractivity contribution in [2.45, 2.75) is 0 Å². The van der Waals surface area contributed by atoms with Crippen LogP contribution in [0.2, 0.25) is 0 Å². The van der Waals surface area contributed by atoms with Gasteiger partial charge in [-0.05, 0) is 6.07 Å². The van der Waals surface area contributed by atoms with Gasteiger partial charge in [0, 0.05) is 19.2 Å². The Kier molecular flexibility index (Phi) is 4.56. The minimum Gasteiger partial charge on any atom is -0.381 e. The molecule has 100 valence electrons. The highest BCUT2D eigenvalue weighted by Gasteiger charge is 2.10. The standard InChI is InChI=1S/C9H12FN3O4S/c1-18(16,17)12-5-4-11-9-3-2-7(13(14)15)6-8(9)10/h2-3,6,11-12H,4-5H2,1H3. The molecule has 1 aromatic carbocycles. The minimum atomic E-state index is -3.28. The lowest BCUT2D eigenvalue weighted by Crippen LogP contribution is -2.27. The topological polar surface area (TPSA) is 101 Å². The molecule has 1 aromatic rings. The molecule has 0 radical (unpaired) electrons. The summed E-state index contributed by atoms with van der Waals surface area (Å²) in [5.74, 6) is -0.761. The Hall–Kier alpha value is -1.74. The summed E-state index contributed by atoms with van der Waals surface area (Å²) in [7, 11) is -3.28. The second-order valence-corrected chi connectivity index (χ2v) is 5.35. The van der Waals surface area contributed by atoms with E-state index >= 15 is 0 Å². The van der Waals surface area contributed by atoms with Crippen LogP contribution >= 0.6 is 0 Å². The minimum absolute atomic E-state index is 0.0795. The summed E-state index contributed by atoms with van der Waals surface area (Å²) in [5, 5.41) is 13.0. The number of hydrogen-bond donors (Lipinski definition) is 2. The Balaban J connectivity index is 2.56. The zero-order valence-corrected chi connectivity index (χ0v) is 10.3. The molecule has 0 fully saturated rings. The fourth-order valence-corrected chi connectivity index (χ4v) is 1.67. The SMILES string of the molecule is CS(=O)(=O)NCCNc1ccc([N+](=O)[O-])cc1F. The molecule has 18 heavy (non-hydrogen) atoms. The molecule has 0 saturated heterocycles. The van der Waals surface area contributed by atoms with Gasteiger partial charge in [0.05, 0.1) is 22.9 Å². The number of benzene rings is 1. The third kappa shape index (κ3) is 4.63. The van der Waals surface area contributed by atoms with Crippen molar-refractivity contribution < 1.29 is 17.7 Å². The highest BCUT2D eigenvalue weighted by atomic mass is 32.2. The zero-order chi connectivity index (χ0) is 13.8. The first-order valence-corrected chi connectivity index (χ1v) is 6.81. The first-order valence-electron chi connectivity index (χ1n) is 4.92. The van der Waals surface area contributed by atoms with E-state index in [1.54, 1.807) is 0 Å². The molecule has 0 aliphatic heterocycles. The van der Waals surface area contributed by atoms with E-state index in [2.05, 4.69) is 10.0 Å². The Labute approximate surface area is 103 Å². The van der Waals surface area contributed by atoms with Gasteiger partial charge in [-0.2, -0.15) is 0 Å². The van der Waals surface area contributed by atoms with E-state index < -0.39 is 20.8 Å². The average molecular weight is 277 g/mol. The second kappa shape index (κ2) is 5.74. The van der Waals surface area contributed by atoms with Crippen molar-refractivity contribution in [1.82, 2.24) is 4.72 Å². The van der Waals surface area contributed by atoms with E-state index in [1.165, 1.54) is 6.07 Å². The molecular weight excluding hydrogens is 265 g/mol. The molecule has 0 saturated carbocycles. The molecule has 9 heteroatoms. The molecule has 7 nitrogen and oxygen atoms in total. The Bertz CT molecular complexity index is 547. The summed E-state index contributed by atoms with van der Waals surface area (Å²) < 4.78 is 37.1. The number of non-ortho nitro benzene ring substituents is 1. The molecule has 0 aliphatic carbocycles. The van der Waals surface area contributed by atoms with Gasteiger partial charge in [0.25, 0.3) is 5.69 Å². The number of nitrogens with zero attached hydrogens (tertiary/aromatic N) is 1. The number of hydrogen-bond acceptors (Lipinski definition) is 5. The normalized spacial score (nSPS) is 11.2. The number of anilines is 1. The average Bonchev–Trinajstić information content (AvgIpc) is 2.24. The molecule has 2 N–H and O–H groups in total. The van der Waals surface area contributed by atoms with Crippen molar-refractivity contribution in [2.24, 2.45) is 0 Å². The molecule has 0 amide bonds. The lowest BCUT2D eigenvalue weighted by Gasteiger charge is -2.07. The smallest absolute Gasteiger partial charge is 0.272 e. The summed E-state index contributed by atoms with van der Waals surface area (Å²) in [4.78, 5) is 9.68. The fourth-order valence-electron chi connectivity index (χ4n) is 1.19. The van der Waals surface area contributed by atoms with Crippen LogP contribution in [0.1, 0.15) is 0 Å². The van der Waals surface area contributed by atoms with Crippen molar-refractivity contribution >= 4 is 21.4 Å². The molecule has 0 aliphatic rings. The fraction of sp³-hybridized carbons (Fsp3) is 0.333. The van der Waals surface area contributed by atoms with Gasteiger partial charge in [0.15, 0.2) is 5.82 Å². The number of nitro groups is 1. The summed E-state index contributed by atoms with van der Waals surface area (Å²) in [6.45, 7) is 0.261. The Morgan fingerprint density at radius 3 is 2.56 bits per heavy atom. The van der Waals surface area contributed by atoms with E-state index in [1.807, 2.05) is 0 Å². The Morgan fingerprint density at radius 1 is 1.39 bits per heavy atom. The highest BCUT2D eigenvalue weighted by Crippen LogP contribution is 2.19. The van der Waals surface area contributed by atoms with E-state index in [9.17, 15) is 22.9 Å². The van der Waals surface area contributed by atoms with Gasteiger partial charge in [-0.3, -0.25) is 10.1 Å². The summed E-state index contributed by atoms with van der Waals surface area (Å²) in [6, 6.07) is 3.19. The van der Waals surface area contributed by atoms with Crippen molar-refractivity contribution in [3.63, 3.8) is 0 Å². The van der Waals surface area contributed by atoms with Crippen LogP contribution in [0.5, 0.6) is 0 Å². The summed E-state index contributed by atoms with van der Waals surface area (Å²) >= 11 is 0. The van der Waals surface area contributed by atoms with Crippen molar-refractivity contribution in [3.05, 3.63) is 34.1 Å². The van der Waals surface area contributed by atoms with Crippen LogP contribution in [-0.4, -0.2) is 32.7 Å². The third-order valence-electron chi connectivity index (χ3n) is 1.97. The zero-order valence-electron chi connectivity index (χ0n) is 9.51. The first kappa shape index (κ1) is 14.3. The number of sulfonamides is 1. The van der Waals surface area contributed by atoms with Crippen LogP contribution in [0, 0.1) is 15.9 Å². The van der Waals surface area contributed by atoms with Crippen LogP contribution in [0.4, 0.5) is 15.8 Å². The number of nitrogens with one attached hydrogen (secondary N) is 2. The molecule has 1 rings (SSSR count). The third-order valence-corrected chi connectivity index (χ3v) is 2.70. The van der Waals surface area contributed by atoms with Gasteiger partial charge in [0.1, 0.15) is 0 Å². The lowest BCUT2D eigenvalue weighted by molar-refractivity contribution is -0.385. The van der Waals surface area contributed by atoms with Crippen LogP contribution in [0.25, 0.3) is 0 Å². The van der Waals surface area contributed by atoms with Crippen molar-refractivity contribution in [2.75, 3.05) is 24.7 Å². The van der Waals surface area contributed by atoms with Gasteiger partial charge >= 0.3 is 0 Å². The largest absolute Gasteiger partial charge is 0.381 e. The summed E-state index contributed by atoms with van der Waals surface area (Å²) in [6.07, 6.45) is 1.01. The number of nitro benzene ring substituents is 1. The van der Waals surface area contributed by atoms with Gasteiger partial charge in [-0.15, -0.1) is 0 Å². The maximum atomic E-state index is 13.4. The predicted molar refractivity (Wildman–Crippen MR) is 64.4 cm³/mol. The second-order valence-electron chi connectivity index (χ2n) is 3.51. The van der Waals surface area contributed by atoms with Crippen LogP contribution in [-0.2, 0) is 10.0 Å². The van der Waals surface area contributed by atoms with Crippen molar-refractivity contribution in [3.8, 4) is 0 Å². The van der Waals surface area contributed by atoms with Crippen LogP contribution in [0.15, 0.2) is 18.2 Å². The van der Waals surface area contributed by atoms with Crippen LogP contribution in [0.3, 0.4) is 0 Å². The van der Waals surface area contributed by atoms with E-state index in [0.29, 0.717) is 0 Å². The van der Waals surface area contributed by atoms with E-state index in [-0.39, 0.29) is 24.5 Å². The molecule has 0 atom stereocenters. The monoisotopic (exact) mass is 277 g/mol. The number of rotatable bonds is 6. The van der Waals surface area contributed by atoms with Crippen molar-refractivity contribution in [1.29, 1.82) is 0 Å². The van der Waals surface area contributed by atoms with Gasteiger partial charge < -0.3 is 5.32 Å². The Morgan fingerprint density at radius 2 is 2.06 bits per heavy atom. The molecule has 0 heterocycles. The van der Waals surface area contributed by atoms with E-state index in [4.69, 9.17) is 0 Å². The lowest BCUT2D eigenvalue weighted by atomic mass is 10.2. The maximum absolute atomic E-state index is 13.4. The van der Waals surface area contributed by atoms with Gasteiger partial charge in [-0.1, -0.05) is 0 Å². The first-order chi connectivity index (χ1) is 8.29. The molecule has 0 aromatic heterocycles. The molecular formula is C9H12FN3O4S. The van der Waals surface area contributed by atoms with Gasteiger partial charge in [-0.25, -0.2) is 17.5 Å². The summed E-state index contributed by atoms with van der Waals surface area (Å²) in [5.41, 5.74) is -0.261. The highest BCUT2D eigenvalue weighted by molar-refractivity contribution is 7.88. The predicted octanol–water partition coefficient (Wildman–Crippen LogP) is 0.695. The van der Waals surface area contributed by atoms with Gasteiger partial charge in [0.2, 0.25) is 10.0 Å².